The Morgan fingerprint density at radius 1 is 1.00 bits per heavy atom. The maximum absolute atomic E-state index is 2.31. The minimum Gasteiger partial charge on any atom is -1.00 e. The Morgan fingerprint density at radius 3 is 1.94 bits per heavy atom. The summed E-state index contributed by atoms with van der Waals surface area (Å²) in [6, 6.07) is 4.36. The van der Waals surface area contributed by atoms with Crippen molar-refractivity contribution in [3.8, 4) is 0 Å². The summed E-state index contributed by atoms with van der Waals surface area (Å²) in [7, 11) is 0. The highest BCUT2D eigenvalue weighted by atomic mass is 79.9. The summed E-state index contributed by atoms with van der Waals surface area (Å²) in [6.45, 7) is 15.3. The molecule has 1 heterocycles. The zero-order valence-corrected chi connectivity index (χ0v) is 13.9. The predicted molar refractivity (Wildman–Crippen MR) is 72.7 cm³/mol. The lowest BCUT2D eigenvalue weighted by Gasteiger charge is -2.35. The van der Waals surface area contributed by atoms with Crippen molar-refractivity contribution in [2.24, 2.45) is 0 Å². The standard InChI is InChI=1S/C15H28N2.BrH/c1-5-17(6-2,7-3)14-8-11-16-12-9-15(4)10-13-16;/h9-10,12-13H,5-8,11,14H2,1-4H3;1H/q+2;/p-1. The van der Waals surface area contributed by atoms with Gasteiger partial charge in [-0.05, 0) is 33.3 Å². The Kier molecular flexibility index (Phi) is 8.45. The van der Waals surface area contributed by atoms with Crippen LogP contribution in [0.3, 0.4) is 0 Å². The van der Waals surface area contributed by atoms with Crippen LogP contribution in [0, 0.1) is 6.92 Å². The summed E-state index contributed by atoms with van der Waals surface area (Å²) >= 11 is 0. The van der Waals surface area contributed by atoms with E-state index in [1.54, 1.807) is 0 Å². The molecular weight excluding hydrogens is 288 g/mol. The topological polar surface area (TPSA) is 3.88 Å². The van der Waals surface area contributed by atoms with Gasteiger partial charge >= 0.3 is 0 Å². The van der Waals surface area contributed by atoms with Gasteiger partial charge in [0.1, 0.15) is 0 Å². The number of aromatic nitrogens is 1. The highest BCUT2D eigenvalue weighted by Gasteiger charge is 2.20. The number of pyridine rings is 1. The second kappa shape index (κ2) is 8.65. The molecule has 1 aromatic rings. The molecule has 1 rings (SSSR count). The number of quaternary nitrogens is 1. The van der Waals surface area contributed by atoms with E-state index in [0.717, 1.165) is 6.54 Å². The first kappa shape index (κ1) is 17.6. The van der Waals surface area contributed by atoms with Gasteiger partial charge in [-0.15, -0.1) is 0 Å². The minimum absolute atomic E-state index is 0. The molecule has 0 saturated heterocycles. The van der Waals surface area contributed by atoms with Crippen LogP contribution in [-0.2, 0) is 6.54 Å². The number of aryl methyl sites for hydroxylation is 2. The van der Waals surface area contributed by atoms with E-state index in [-0.39, 0.29) is 17.0 Å². The molecule has 0 aromatic carbocycles. The van der Waals surface area contributed by atoms with E-state index >= 15 is 0 Å². The van der Waals surface area contributed by atoms with Crippen molar-refractivity contribution in [1.29, 1.82) is 0 Å². The number of hydrogen-bond donors (Lipinski definition) is 0. The summed E-state index contributed by atoms with van der Waals surface area (Å²) < 4.78 is 3.55. The molecule has 0 unspecified atom stereocenters. The van der Waals surface area contributed by atoms with Crippen molar-refractivity contribution in [2.75, 3.05) is 26.2 Å². The van der Waals surface area contributed by atoms with E-state index in [1.807, 2.05) is 0 Å². The first-order valence-corrected chi connectivity index (χ1v) is 6.96. The normalized spacial score (nSPS) is 11.1. The summed E-state index contributed by atoms with van der Waals surface area (Å²) in [5.41, 5.74) is 1.34. The summed E-state index contributed by atoms with van der Waals surface area (Å²) in [5, 5.41) is 0. The zero-order chi connectivity index (χ0) is 12.7. The van der Waals surface area contributed by atoms with E-state index in [9.17, 15) is 0 Å². The highest BCUT2D eigenvalue weighted by molar-refractivity contribution is 5.03. The number of halogens is 1. The third-order valence-electron chi connectivity index (χ3n) is 4.12. The molecule has 0 aliphatic rings. The van der Waals surface area contributed by atoms with Crippen molar-refractivity contribution in [3.05, 3.63) is 30.1 Å². The smallest absolute Gasteiger partial charge is 0.169 e. The molecule has 2 nitrogen and oxygen atoms in total. The highest BCUT2D eigenvalue weighted by Crippen LogP contribution is 2.07. The maximum Gasteiger partial charge on any atom is 0.169 e. The lowest BCUT2D eigenvalue weighted by molar-refractivity contribution is -0.925. The lowest BCUT2D eigenvalue weighted by atomic mass is 10.2. The van der Waals surface area contributed by atoms with Crippen LogP contribution in [-0.4, -0.2) is 30.7 Å². The largest absolute Gasteiger partial charge is 1.00 e. The van der Waals surface area contributed by atoms with Gasteiger partial charge in [0.05, 0.1) is 32.6 Å². The third-order valence-corrected chi connectivity index (χ3v) is 4.12. The van der Waals surface area contributed by atoms with Gasteiger partial charge in [0.25, 0.3) is 0 Å². The average molecular weight is 316 g/mol. The Bertz CT molecular complexity index is 310. The zero-order valence-electron chi connectivity index (χ0n) is 12.3. The Labute approximate surface area is 123 Å². The van der Waals surface area contributed by atoms with Crippen molar-refractivity contribution in [1.82, 2.24) is 0 Å². The average Bonchev–Trinajstić information content (AvgIpc) is 2.38. The van der Waals surface area contributed by atoms with Gasteiger partial charge in [-0.1, -0.05) is 0 Å². The fourth-order valence-corrected chi connectivity index (χ4v) is 2.41. The van der Waals surface area contributed by atoms with Crippen LogP contribution in [0.2, 0.25) is 0 Å². The molecule has 0 saturated carbocycles. The Hall–Kier alpha value is -0.410. The summed E-state index contributed by atoms with van der Waals surface area (Å²) in [6.07, 6.45) is 5.64. The first-order valence-electron chi connectivity index (χ1n) is 6.96. The van der Waals surface area contributed by atoms with Gasteiger partial charge in [0, 0.05) is 12.1 Å². The number of hydrogen-bond acceptors (Lipinski definition) is 0. The predicted octanol–water partition coefficient (Wildman–Crippen LogP) is -0.447. The minimum atomic E-state index is 0. The van der Waals surface area contributed by atoms with Gasteiger partial charge in [0.15, 0.2) is 18.9 Å². The molecule has 0 fully saturated rings. The molecule has 0 N–H and O–H groups in total. The van der Waals surface area contributed by atoms with Crippen LogP contribution in [0.4, 0.5) is 0 Å². The van der Waals surface area contributed by atoms with Gasteiger partial charge in [-0.25, -0.2) is 4.57 Å². The summed E-state index contributed by atoms with van der Waals surface area (Å²) in [4.78, 5) is 0. The van der Waals surface area contributed by atoms with Crippen molar-refractivity contribution in [3.63, 3.8) is 0 Å². The molecule has 0 amide bonds. The van der Waals surface area contributed by atoms with Crippen molar-refractivity contribution >= 4 is 0 Å². The molecule has 0 aliphatic carbocycles. The monoisotopic (exact) mass is 315 g/mol. The summed E-state index contributed by atoms with van der Waals surface area (Å²) in [5.74, 6) is 0. The molecule has 104 valence electrons. The molecular formula is C15H28BrN2+. The Morgan fingerprint density at radius 2 is 1.50 bits per heavy atom. The van der Waals surface area contributed by atoms with Crippen LogP contribution in [0.1, 0.15) is 32.8 Å². The molecule has 0 spiro atoms. The molecule has 0 atom stereocenters. The van der Waals surface area contributed by atoms with Gasteiger partial charge < -0.3 is 21.5 Å². The second-order valence-electron chi connectivity index (χ2n) is 4.98. The van der Waals surface area contributed by atoms with Crippen LogP contribution in [0.15, 0.2) is 24.5 Å². The van der Waals surface area contributed by atoms with Crippen LogP contribution >= 0.6 is 0 Å². The lowest BCUT2D eigenvalue weighted by Crippen LogP contribution is -3.00. The van der Waals surface area contributed by atoms with Crippen molar-refractivity contribution in [2.45, 2.75) is 40.7 Å². The molecule has 18 heavy (non-hydrogen) atoms. The quantitative estimate of drug-likeness (QED) is 0.474. The first-order chi connectivity index (χ1) is 8.15. The fourth-order valence-electron chi connectivity index (χ4n) is 2.41. The van der Waals surface area contributed by atoms with E-state index in [4.69, 9.17) is 0 Å². The van der Waals surface area contributed by atoms with Gasteiger partial charge in [-0.2, -0.15) is 0 Å². The van der Waals surface area contributed by atoms with Gasteiger partial charge in [0.2, 0.25) is 0 Å². The number of nitrogens with zero attached hydrogens (tertiary/aromatic N) is 2. The maximum atomic E-state index is 2.31. The van der Waals surface area contributed by atoms with E-state index < -0.39 is 0 Å². The van der Waals surface area contributed by atoms with E-state index in [0.29, 0.717) is 0 Å². The van der Waals surface area contributed by atoms with Gasteiger partial charge in [-0.3, -0.25) is 0 Å². The molecule has 0 radical (unpaired) electrons. The Balaban J connectivity index is 0.00000289. The van der Waals surface area contributed by atoms with Crippen molar-refractivity contribution < 1.29 is 26.0 Å². The molecule has 0 aliphatic heterocycles. The fraction of sp³-hybridized carbons (Fsp3) is 0.667. The SMILES string of the molecule is CC[N+](CC)(CC)CCC[n+]1ccc(C)cc1.[Br-]. The van der Waals surface area contributed by atoms with E-state index in [2.05, 4.69) is 56.8 Å². The van der Waals surface area contributed by atoms with Crippen LogP contribution in [0.25, 0.3) is 0 Å². The third kappa shape index (κ3) is 5.07. The molecule has 0 bridgehead atoms. The van der Waals surface area contributed by atoms with Crippen LogP contribution in [0.5, 0.6) is 0 Å². The molecule has 1 aromatic heterocycles. The van der Waals surface area contributed by atoms with Crippen LogP contribution < -0.4 is 21.5 Å². The molecule has 3 heteroatoms. The second-order valence-corrected chi connectivity index (χ2v) is 4.98. The number of rotatable bonds is 7. The van der Waals surface area contributed by atoms with E-state index in [1.165, 1.54) is 42.6 Å².